The van der Waals surface area contributed by atoms with Gasteiger partial charge in [0.2, 0.25) is 0 Å². The lowest BCUT2D eigenvalue weighted by atomic mass is 9.57. The molecule has 0 aromatic heterocycles. The van der Waals surface area contributed by atoms with Crippen LogP contribution in [0.2, 0.25) is 0 Å². The van der Waals surface area contributed by atoms with Gasteiger partial charge >= 0.3 is 0 Å². The van der Waals surface area contributed by atoms with E-state index >= 15 is 4.57 Å². The van der Waals surface area contributed by atoms with Crippen LogP contribution in [-0.4, -0.2) is 12.6 Å². The summed E-state index contributed by atoms with van der Waals surface area (Å²) < 4.78 is 15.8. The van der Waals surface area contributed by atoms with Crippen LogP contribution in [0.25, 0.3) is 38.7 Å². The standard InChI is InChI=1S/C48H32N2OP/c51-52(32-13-2-1-3-14-32)45-22-9-5-16-35(45)38-27-42-37(28-46(38)52)33-24-23-30(31-12-11-25-49-29-31)26-41(33)48(42)39-18-6-8-21-44(39)50-43-20-7-4-15-34(43)36-17-10-19-40(48)47(36)50/h1-28,40,47H,29H2/q-1. The Morgan fingerprint density at radius 3 is 2.25 bits per heavy atom. The molecular weight excluding hydrogens is 652 g/mol. The first-order valence-electron chi connectivity index (χ1n) is 18.2. The molecule has 4 heterocycles. The molecule has 0 radical (unpaired) electrons. The molecule has 4 atom stereocenters. The molecule has 4 aliphatic heterocycles. The molecule has 6 aromatic rings. The van der Waals surface area contributed by atoms with Crippen LogP contribution in [0.4, 0.5) is 11.4 Å². The van der Waals surface area contributed by atoms with Gasteiger partial charge in [-0.3, -0.25) is 0 Å². The van der Waals surface area contributed by atoms with Crippen molar-refractivity contribution in [1.29, 1.82) is 0 Å². The molecule has 4 unspecified atom stereocenters. The number of hydrogen-bond donors (Lipinski definition) is 0. The molecule has 3 nitrogen and oxygen atoms in total. The van der Waals surface area contributed by atoms with Crippen molar-refractivity contribution in [2.24, 2.45) is 5.92 Å². The van der Waals surface area contributed by atoms with E-state index in [0.717, 1.165) is 27.0 Å². The minimum Gasteiger partial charge on any atom is -0.687 e. The number of rotatable bonds is 2. The average molecular weight is 684 g/mol. The lowest BCUT2D eigenvalue weighted by Crippen LogP contribution is -2.52. The minimum absolute atomic E-state index is 0.102. The number of hydrogen-bond acceptors (Lipinski definition) is 2. The number of fused-ring (bicyclic) bond motifs is 15. The van der Waals surface area contributed by atoms with Crippen molar-refractivity contribution in [3.05, 3.63) is 203 Å². The molecule has 0 fully saturated rings. The summed E-state index contributed by atoms with van der Waals surface area (Å²) in [5.41, 5.74) is 15.7. The fourth-order valence-corrected chi connectivity index (χ4v) is 13.6. The smallest absolute Gasteiger partial charge is 0.172 e. The van der Waals surface area contributed by atoms with Gasteiger partial charge in [-0.05, 0) is 80.4 Å². The van der Waals surface area contributed by atoms with Crippen molar-refractivity contribution >= 4 is 45.6 Å². The first kappa shape index (κ1) is 28.8. The first-order valence-corrected chi connectivity index (χ1v) is 19.9. The molecule has 6 aliphatic rings. The Morgan fingerprint density at radius 2 is 1.38 bits per heavy atom. The van der Waals surface area contributed by atoms with Crippen LogP contribution in [0.15, 0.2) is 170 Å². The van der Waals surface area contributed by atoms with Gasteiger partial charge in [-0.15, -0.1) is 6.54 Å². The Labute approximate surface area is 303 Å². The molecule has 12 rings (SSSR count). The minimum atomic E-state index is -3.13. The second-order valence-corrected chi connectivity index (χ2v) is 17.4. The van der Waals surface area contributed by atoms with E-state index < -0.39 is 12.6 Å². The third-order valence-electron chi connectivity index (χ3n) is 12.5. The van der Waals surface area contributed by atoms with E-state index in [9.17, 15) is 0 Å². The fourth-order valence-electron chi connectivity index (χ4n) is 10.5. The molecular formula is C48H32N2OP-. The molecule has 4 heteroatoms. The maximum Gasteiger partial charge on any atom is 0.172 e. The Balaban J connectivity index is 1.21. The summed E-state index contributed by atoms with van der Waals surface area (Å²) in [6, 6.07) is 48.5. The van der Waals surface area contributed by atoms with Crippen molar-refractivity contribution in [2.45, 2.75) is 11.5 Å². The maximum absolute atomic E-state index is 15.8. The quantitative estimate of drug-likeness (QED) is 0.170. The summed E-state index contributed by atoms with van der Waals surface area (Å²) in [5.74, 6) is 0.102. The van der Waals surface area contributed by atoms with Gasteiger partial charge in [-0.25, -0.2) is 0 Å². The summed E-state index contributed by atoms with van der Waals surface area (Å²) in [5, 5.41) is 7.40. The van der Waals surface area contributed by atoms with E-state index in [4.69, 9.17) is 0 Å². The van der Waals surface area contributed by atoms with Crippen molar-refractivity contribution in [2.75, 3.05) is 11.4 Å². The van der Waals surface area contributed by atoms with Gasteiger partial charge in [0.25, 0.3) is 0 Å². The second-order valence-electron chi connectivity index (χ2n) is 14.7. The Hall–Kier alpha value is -5.89. The van der Waals surface area contributed by atoms with Crippen LogP contribution in [0.1, 0.15) is 27.8 Å². The highest BCUT2D eigenvalue weighted by atomic mass is 31.2. The van der Waals surface area contributed by atoms with Crippen molar-refractivity contribution < 1.29 is 4.57 Å². The number of benzene rings is 6. The van der Waals surface area contributed by atoms with Crippen LogP contribution < -0.4 is 20.8 Å². The lowest BCUT2D eigenvalue weighted by Gasteiger charge is -2.52. The Morgan fingerprint density at radius 1 is 0.615 bits per heavy atom. The molecule has 0 amide bonds. The molecule has 1 spiro atoms. The van der Waals surface area contributed by atoms with E-state index in [-0.39, 0.29) is 12.0 Å². The van der Waals surface area contributed by atoms with Gasteiger partial charge in [0.1, 0.15) is 0 Å². The van der Waals surface area contributed by atoms with Crippen molar-refractivity contribution in [3.63, 3.8) is 0 Å². The van der Waals surface area contributed by atoms with Crippen LogP contribution >= 0.6 is 7.14 Å². The van der Waals surface area contributed by atoms with Crippen LogP contribution in [0, 0.1) is 5.92 Å². The predicted molar refractivity (Wildman–Crippen MR) is 215 cm³/mol. The summed E-state index contributed by atoms with van der Waals surface area (Å²) in [7, 11) is -3.13. The largest absolute Gasteiger partial charge is 0.687 e. The zero-order valence-corrected chi connectivity index (χ0v) is 29.2. The Bertz CT molecular complexity index is 2750. The molecule has 0 N–H and O–H groups in total. The molecule has 0 saturated heterocycles. The number of allylic oxidation sites excluding steroid dienone is 4. The highest BCUT2D eigenvalue weighted by Crippen LogP contribution is 2.68. The molecule has 0 bridgehead atoms. The monoisotopic (exact) mass is 683 g/mol. The van der Waals surface area contributed by atoms with Gasteiger partial charge in [0.15, 0.2) is 7.14 Å². The summed E-state index contributed by atoms with van der Waals surface area (Å²) in [4.78, 5) is 2.61. The van der Waals surface area contributed by atoms with Gasteiger partial charge < -0.3 is 14.8 Å². The summed E-state index contributed by atoms with van der Waals surface area (Å²) >= 11 is 0. The summed E-state index contributed by atoms with van der Waals surface area (Å²) in [6.07, 6.45) is 13.3. The number of anilines is 2. The van der Waals surface area contributed by atoms with E-state index in [1.807, 2.05) is 48.7 Å². The topological polar surface area (TPSA) is 34.4 Å². The van der Waals surface area contributed by atoms with Crippen LogP contribution in [0.3, 0.4) is 0 Å². The molecule has 52 heavy (non-hydrogen) atoms. The second kappa shape index (κ2) is 10.1. The molecule has 2 aliphatic carbocycles. The summed E-state index contributed by atoms with van der Waals surface area (Å²) in [6.45, 7) is 0.666. The van der Waals surface area contributed by atoms with E-state index in [1.165, 1.54) is 61.5 Å². The third kappa shape index (κ3) is 3.36. The van der Waals surface area contributed by atoms with E-state index in [0.29, 0.717) is 6.54 Å². The van der Waals surface area contributed by atoms with Crippen molar-refractivity contribution in [1.82, 2.24) is 0 Å². The highest BCUT2D eigenvalue weighted by Gasteiger charge is 2.60. The van der Waals surface area contributed by atoms with Crippen LogP contribution in [-0.2, 0) is 9.98 Å². The first-order chi connectivity index (χ1) is 25.7. The maximum atomic E-state index is 15.8. The number of para-hydroxylation sites is 2. The molecule has 0 saturated carbocycles. The van der Waals surface area contributed by atoms with Gasteiger partial charge in [-0.2, -0.15) is 6.20 Å². The number of nitrogens with zero attached hydrogens (tertiary/aromatic N) is 2. The normalized spacial score (nSPS) is 24.5. The molecule has 6 aromatic carbocycles. The Kier molecular flexibility index (Phi) is 5.60. The third-order valence-corrected chi connectivity index (χ3v) is 15.6. The zero-order valence-electron chi connectivity index (χ0n) is 28.3. The van der Waals surface area contributed by atoms with Gasteiger partial charge in [0, 0.05) is 38.8 Å². The highest BCUT2D eigenvalue weighted by molar-refractivity contribution is 7.86. The van der Waals surface area contributed by atoms with Crippen molar-refractivity contribution in [3.8, 4) is 22.3 Å². The van der Waals surface area contributed by atoms with E-state index in [1.54, 1.807) is 0 Å². The van der Waals surface area contributed by atoms with Gasteiger partial charge in [0.05, 0.1) is 11.5 Å². The lowest BCUT2D eigenvalue weighted by molar-refractivity contribution is 0.404. The average Bonchev–Trinajstić information content (AvgIpc) is 3.80. The van der Waals surface area contributed by atoms with Gasteiger partial charge in [-0.1, -0.05) is 139 Å². The van der Waals surface area contributed by atoms with Crippen LogP contribution in [0.5, 0.6) is 0 Å². The predicted octanol–water partition coefficient (Wildman–Crippen LogP) is 10.0. The zero-order chi connectivity index (χ0) is 34.2. The van der Waals surface area contributed by atoms with E-state index in [2.05, 4.69) is 132 Å². The SMILES string of the molecule is O=P1(c2ccccc2)c2ccccc2-c2cc3c(cc21)-c1ccc(C2=CC=C[N-]C2)cc1C31c2ccccc2N2c3ccccc3C3=CC=CC1C32. The molecule has 246 valence electrons. The fraction of sp³-hybridized carbons (Fsp3) is 0.0833.